The molecule has 1 fully saturated rings. The van der Waals surface area contributed by atoms with E-state index in [-0.39, 0.29) is 15.9 Å². The average molecular weight is 509 g/mol. The molecule has 11 heteroatoms. The molecule has 0 saturated carbocycles. The number of anilines is 1. The van der Waals surface area contributed by atoms with Crippen molar-refractivity contribution in [1.29, 1.82) is 0 Å². The van der Waals surface area contributed by atoms with Gasteiger partial charge in [-0.2, -0.15) is 0 Å². The van der Waals surface area contributed by atoms with Crippen molar-refractivity contribution in [3.8, 4) is 10.6 Å². The molecule has 1 aromatic heterocycles. The van der Waals surface area contributed by atoms with Crippen LogP contribution in [-0.4, -0.2) is 48.8 Å². The summed E-state index contributed by atoms with van der Waals surface area (Å²) < 4.78 is 28.5. The quantitative estimate of drug-likeness (QED) is 0.471. The van der Waals surface area contributed by atoms with Gasteiger partial charge in [-0.15, -0.1) is 22.0 Å². The molecule has 0 bridgehead atoms. The SMILES string of the molecule is CSc1ccc(S(=O)(=O)Nc2nnc(-c3ccc(Cl)cc3)s2)cc1C(=O)N1CCCCC1. The highest BCUT2D eigenvalue weighted by Gasteiger charge is 2.24. The molecule has 1 N–H and O–H groups in total. The Bertz CT molecular complexity index is 1220. The molecule has 32 heavy (non-hydrogen) atoms. The molecule has 2 heterocycles. The number of nitrogens with zero attached hydrogens (tertiary/aromatic N) is 3. The Morgan fingerprint density at radius 1 is 1.09 bits per heavy atom. The van der Waals surface area contributed by atoms with Gasteiger partial charge in [-0.25, -0.2) is 8.42 Å². The number of rotatable bonds is 6. The van der Waals surface area contributed by atoms with Gasteiger partial charge in [-0.1, -0.05) is 35.1 Å². The van der Waals surface area contributed by atoms with Crippen LogP contribution in [-0.2, 0) is 10.0 Å². The molecule has 1 amide bonds. The number of likely N-dealkylation sites (tertiary alicyclic amines) is 1. The highest BCUT2D eigenvalue weighted by Crippen LogP contribution is 2.30. The third-order valence-corrected chi connectivity index (χ3v) is 8.49. The molecule has 1 aliphatic heterocycles. The van der Waals surface area contributed by atoms with Gasteiger partial charge in [0.15, 0.2) is 0 Å². The smallest absolute Gasteiger partial charge is 0.263 e. The fourth-order valence-corrected chi connectivity index (χ4v) is 6.14. The summed E-state index contributed by atoms with van der Waals surface area (Å²) in [6.07, 6.45) is 4.91. The summed E-state index contributed by atoms with van der Waals surface area (Å²) in [7, 11) is -3.94. The van der Waals surface area contributed by atoms with E-state index in [1.807, 2.05) is 6.26 Å². The maximum atomic E-state index is 13.1. The van der Waals surface area contributed by atoms with E-state index in [1.54, 1.807) is 35.2 Å². The zero-order valence-corrected chi connectivity index (χ0v) is 20.5. The Labute approximate surface area is 200 Å². The first-order valence-electron chi connectivity index (χ1n) is 9.97. The van der Waals surface area contributed by atoms with Crippen molar-refractivity contribution in [3.63, 3.8) is 0 Å². The average Bonchev–Trinajstić information content (AvgIpc) is 3.27. The standard InChI is InChI=1S/C21H21ClN4O3S3/c1-30-18-10-9-16(13-17(18)20(27)26-11-3-2-4-12-26)32(28,29)25-21-24-23-19(31-21)14-5-7-15(22)8-6-14/h5-10,13H,2-4,11-12H2,1H3,(H,24,25). The molecule has 2 aromatic carbocycles. The van der Waals surface area contributed by atoms with Gasteiger partial charge in [0.05, 0.1) is 10.5 Å². The Kier molecular flexibility index (Phi) is 7.04. The van der Waals surface area contributed by atoms with Gasteiger partial charge in [0.1, 0.15) is 5.01 Å². The van der Waals surface area contributed by atoms with Crippen molar-refractivity contribution in [2.75, 3.05) is 24.1 Å². The Hall–Kier alpha value is -2.14. The topological polar surface area (TPSA) is 92.3 Å². The minimum absolute atomic E-state index is 0.0129. The van der Waals surface area contributed by atoms with Crippen LogP contribution in [0.3, 0.4) is 0 Å². The van der Waals surface area contributed by atoms with Crippen LogP contribution in [0.4, 0.5) is 5.13 Å². The number of hydrogen-bond acceptors (Lipinski definition) is 7. The van der Waals surface area contributed by atoms with Gasteiger partial charge >= 0.3 is 0 Å². The number of aromatic nitrogens is 2. The zero-order chi connectivity index (χ0) is 22.7. The molecular weight excluding hydrogens is 488 g/mol. The molecule has 0 spiro atoms. The van der Waals surface area contributed by atoms with Crippen molar-refractivity contribution in [2.45, 2.75) is 29.1 Å². The molecule has 0 atom stereocenters. The Morgan fingerprint density at radius 2 is 1.81 bits per heavy atom. The summed E-state index contributed by atoms with van der Waals surface area (Å²) in [5, 5.41) is 9.33. The Balaban J connectivity index is 1.58. The number of halogens is 1. The number of sulfonamides is 1. The fraction of sp³-hybridized carbons (Fsp3) is 0.286. The number of thioether (sulfide) groups is 1. The number of hydrogen-bond donors (Lipinski definition) is 1. The monoisotopic (exact) mass is 508 g/mol. The van der Waals surface area contributed by atoms with Crippen LogP contribution in [0, 0.1) is 0 Å². The molecule has 0 aliphatic carbocycles. The van der Waals surface area contributed by atoms with Crippen molar-refractivity contribution in [1.82, 2.24) is 15.1 Å². The fourth-order valence-electron chi connectivity index (χ4n) is 3.44. The maximum Gasteiger partial charge on any atom is 0.263 e. The van der Waals surface area contributed by atoms with E-state index in [0.717, 1.165) is 41.1 Å². The van der Waals surface area contributed by atoms with E-state index in [0.29, 0.717) is 28.7 Å². The second kappa shape index (κ2) is 9.78. The van der Waals surface area contributed by atoms with E-state index < -0.39 is 10.0 Å². The van der Waals surface area contributed by atoms with E-state index in [9.17, 15) is 13.2 Å². The van der Waals surface area contributed by atoms with Crippen LogP contribution in [0.15, 0.2) is 52.3 Å². The van der Waals surface area contributed by atoms with Crippen molar-refractivity contribution in [2.24, 2.45) is 0 Å². The number of carbonyl (C=O) groups is 1. The van der Waals surface area contributed by atoms with Crippen molar-refractivity contribution >= 4 is 55.8 Å². The van der Waals surface area contributed by atoms with Crippen LogP contribution >= 0.6 is 34.7 Å². The summed E-state index contributed by atoms with van der Waals surface area (Å²) >= 11 is 8.45. The molecule has 7 nitrogen and oxygen atoms in total. The zero-order valence-electron chi connectivity index (χ0n) is 17.2. The van der Waals surface area contributed by atoms with E-state index >= 15 is 0 Å². The first kappa shape index (κ1) is 23.0. The molecule has 1 saturated heterocycles. The van der Waals surface area contributed by atoms with Gasteiger partial charge in [0, 0.05) is 28.6 Å². The summed E-state index contributed by atoms with van der Waals surface area (Å²) in [5.74, 6) is -0.132. The Morgan fingerprint density at radius 3 is 2.50 bits per heavy atom. The van der Waals surface area contributed by atoms with Crippen LogP contribution in [0.5, 0.6) is 0 Å². The first-order chi connectivity index (χ1) is 15.4. The van der Waals surface area contributed by atoms with Gasteiger partial charge in [0.25, 0.3) is 15.9 Å². The van der Waals surface area contributed by atoms with Crippen LogP contribution in [0.25, 0.3) is 10.6 Å². The van der Waals surface area contributed by atoms with Crippen LogP contribution in [0.2, 0.25) is 5.02 Å². The van der Waals surface area contributed by atoms with Gasteiger partial charge in [-0.05, 0) is 55.9 Å². The molecule has 0 radical (unpaired) electrons. The maximum absolute atomic E-state index is 13.1. The second-order valence-corrected chi connectivity index (χ2v) is 11.2. The predicted molar refractivity (Wildman–Crippen MR) is 129 cm³/mol. The van der Waals surface area contributed by atoms with E-state index in [1.165, 1.54) is 23.9 Å². The molecule has 0 unspecified atom stereocenters. The highest BCUT2D eigenvalue weighted by molar-refractivity contribution is 7.98. The van der Waals surface area contributed by atoms with Crippen LogP contribution in [0.1, 0.15) is 29.6 Å². The lowest BCUT2D eigenvalue weighted by Crippen LogP contribution is -2.36. The number of carbonyl (C=O) groups excluding carboxylic acids is 1. The number of benzene rings is 2. The van der Waals surface area contributed by atoms with Crippen molar-refractivity contribution < 1.29 is 13.2 Å². The molecule has 168 valence electrons. The summed E-state index contributed by atoms with van der Waals surface area (Å²) in [6, 6.07) is 11.7. The molecular formula is C21H21ClN4O3S3. The third-order valence-electron chi connectivity index (χ3n) is 5.09. The lowest BCUT2D eigenvalue weighted by molar-refractivity contribution is 0.0720. The molecule has 4 rings (SSSR count). The van der Waals surface area contributed by atoms with E-state index in [4.69, 9.17) is 11.6 Å². The molecule has 3 aromatic rings. The lowest BCUT2D eigenvalue weighted by atomic mass is 10.1. The predicted octanol–water partition coefficient (Wildman–Crippen LogP) is 5.01. The summed E-state index contributed by atoms with van der Waals surface area (Å²) in [6.45, 7) is 1.39. The summed E-state index contributed by atoms with van der Waals surface area (Å²) in [4.78, 5) is 15.6. The van der Waals surface area contributed by atoms with Gasteiger partial charge < -0.3 is 4.90 Å². The third kappa shape index (κ3) is 5.09. The number of nitrogens with one attached hydrogen (secondary N) is 1. The molecule has 1 aliphatic rings. The van der Waals surface area contributed by atoms with E-state index in [2.05, 4.69) is 14.9 Å². The van der Waals surface area contributed by atoms with Gasteiger partial charge in [0.2, 0.25) is 5.13 Å². The normalized spacial score (nSPS) is 14.4. The minimum Gasteiger partial charge on any atom is -0.339 e. The van der Waals surface area contributed by atoms with Crippen LogP contribution < -0.4 is 4.72 Å². The second-order valence-electron chi connectivity index (χ2n) is 7.24. The number of piperidine rings is 1. The number of amides is 1. The summed E-state index contributed by atoms with van der Waals surface area (Å²) in [5.41, 5.74) is 1.19. The largest absolute Gasteiger partial charge is 0.339 e. The highest BCUT2D eigenvalue weighted by atomic mass is 35.5. The first-order valence-corrected chi connectivity index (χ1v) is 13.9. The lowest BCUT2D eigenvalue weighted by Gasteiger charge is -2.27. The minimum atomic E-state index is -3.94. The van der Waals surface area contributed by atoms with Gasteiger partial charge in [-0.3, -0.25) is 9.52 Å². The van der Waals surface area contributed by atoms with Crippen molar-refractivity contribution in [3.05, 3.63) is 53.1 Å².